The molecule has 7 nitrogen and oxygen atoms in total. The van der Waals surface area contributed by atoms with Crippen LogP contribution in [-0.4, -0.2) is 53.2 Å². The molecule has 1 aromatic heterocycles. The Kier molecular flexibility index (Phi) is 6.44. The average molecular weight is 462 g/mol. The van der Waals surface area contributed by atoms with E-state index in [4.69, 9.17) is 4.74 Å². The van der Waals surface area contributed by atoms with Gasteiger partial charge in [-0.25, -0.2) is 0 Å². The third kappa shape index (κ3) is 5.20. The largest absolute Gasteiger partial charge is 0.490 e. The molecule has 4 rings (SSSR count). The number of piperidine rings is 1. The summed E-state index contributed by atoms with van der Waals surface area (Å²) in [6.07, 6.45) is 0.219. The maximum absolute atomic E-state index is 13.3. The van der Waals surface area contributed by atoms with Crippen molar-refractivity contribution < 1.29 is 27.8 Å². The Morgan fingerprint density at radius 2 is 1.85 bits per heavy atom. The van der Waals surface area contributed by atoms with Gasteiger partial charge < -0.3 is 14.7 Å². The molecule has 176 valence electrons. The number of rotatable bonds is 6. The molecule has 2 unspecified atom stereocenters. The molecule has 0 spiro atoms. The van der Waals surface area contributed by atoms with Gasteiger partial charge in [-0.2, -0.15) is 18.3 Å². The number of hydrogen-bond acceptors (Lipinski definition) is 6. The predicted octanol–water partition coefficient (Wildman–Crippen LogP) is 4.35. The number of hydrogen-bond donors (Lipinski definition) is 1. The fourth-order valence-corrected chi connectivity index (χ4v) is 4.32. The standard InChI is InChI=1S/C23H25F3N4O3/c1-15-20(13-21(31)32)30(28-22(15)23(24,25)26)16-4-6-18(7-5-16)33-19-8-11-29(12-9-19)17-3-2-10-27-14-17/h2-7,10,14-15,19-20H,8-9,11-13H2,1H3,(H,31,32). The van der Waals surface area contributed by atoms with Gasteiger partial charge in [0.15, 0.2) is 0 Å². The fourth-order valence-electron chi connectivity index (χ4n) is 4.32. The van der Waals surface area contributed by atoms with Gasteiger partial charge in [0.2, 0.25) is 0 Å². The molecule has 0 radical (unpaired) electrons. The van der Waals surface area contributed by atoms with Crippen LogP contribution < -0.4 is 14.6 Å². The Morgan fingerprint density at radius 3 is 2.42 bits per heavy atom. The highest BCUT2D eigenvalue weighted by Crippen LogP contribution is 2.37. The molecular formula is C23H25F3N4O3. The first-order chi connectivity index (χ1) is 15.7. The van der Waals surface area contributed by atoms with Gasteiger partial charge in [0.25, 0.3) is 0 Å². The molecule has 0 saturated carbocycles. The predicted molar refractivity (Wildman–Crippen MR) is 118 cm³/mol. The molecule has 0 bridgehead atoms. The number of ether oxygens (including phenoxy) is 1. The normalized spacial score (nSPS) is 21.8. The highest BCUT2D eigenvalue weighted by Gasteiger charge is 2.48. The minimum Gasteiger partial charge on any atom is -0.490 e. The van der Waals surface area contributed by atoms with Crippen LogP contribution in [0.5, 0.6) is 5.75 Å². The summed E-state index contributed by atoms with van der Waals surface area (Å²) in [5.74, 6) is -1.62. The molecule has 2 aliphatic heterocycles. The van der Waals surface area contributed by atoms with Crippen molar-refractivity contribution in [3.8, 4) is 5.75 Å². The van der Waals surface area contributed by atoms with E-state index < -0.39 is 36.2 Å². The topological polar surface area (TPSA) is 78.3 Å². The van der Waals surface area contributed by atoms with Crippen molar-refractivity contribution in [2.45, 2.75) is 44.5 Å². The zero-order chi connectivity index (χ0) is 23.6. The van der Waals surface area contributed by atoms with Crippen LogP contribution in [0.4, 0.5) is 24.5 Å². The van der Waals surface area contributed by atoms with Crippen LogP contribution >= 0.6 is 0 Å². The van der Waals surface area contributed by atoms with Crippen LogP contribution in [0.3, 0.4) is 0 Å². The monoisotopic (exact) mass is 462 g/mol. The number of carboxylic acids is 1. The number of anilines is 2. The third-order valence-electron chi connectivity index (χ3n) is 6.07. The summed E-state index contributed by atoms with van der Waals surface area (Å²) in [6.45, 7) is 3.03. The van der Waals surface area contributed by atoms with Crippen LogP contribution in [0.25, 0.3) is 0 Å². The van der Waals surface area contributed by atoms with Gasteiger partial charge >= 0.3 is 12.1 Å². The summed E-state index contributed by atoms with van der Waals surface area (Å²) in [7, 11) is 0. The zero-order valence-corrected chi connectivity index (χ0v) is 18.1. The zero-order valence-electron chi connectivity index (χ0n) is 18.1. The van der Waals surface area contributed by atoms with Crippen molar-refractivity contribution in [3.05, 3.63) is 48.8 Å². The second-order valence-electron chi connectivity index (χ2n) is 8.29. The lowest BCUT2D eigenvalue weighted by Gasteiger charge is -2.33. The van der Waals surface area contributed by atoms with Gasteiger partial charge in [-0.15, -0.1) is 0 Å². The lowest BCUT2D eigenvalue weighted by Crippen LogP contribution is -2.38. The van der Waals surface area contributed by atoms with Crippen LogP contribution in [-0.2, 0) is 4.79 Å². The van der Waals surface area contributed by atoms with Gasteiger partial charge in [0, 0.05) is 38.0 Å². The van der Waals surface area contributed by atoms with Crippen LogP contribution in [0.15, 0.2) is 53.9 Å². The second-order valence-corrected chi connectivity index (χ2v) is 8.29. The molecule has 10 heteroatoms. The molecule has 3 heterocycles. The number of carbonyl (C=O) groups is 1. The van der Waals surface area contributed by atoms with E-state index in [1.54, 1.807) is 30.5 Å². The van der Waals surface area contributed by atoms with E-state index in [1.807, 2.05) is 18.3 Å². The number of carboxylic acid groups (broad SMARTS) is 1. The van der Waals surface area contributed by atoms with Crippen molar-refractivity contribution in [1.29, 1.82) is 0 Å². The Morgan fingerprint density at radius 1 is 1.15 bits per heavy atom. The Labute approximate surface area is 189 Å². The summed E-state index contributed by atoms with van der Waals surface area (Å²) in [5, 5.41) is 14.1. The van der Waals surface area contributed by atoms with Gasteiger partial charge in [0.05, 0.1) is 30.0 Å². The van der Waals surface area contributed by atoms with Crippen molar-refractivity contribution >= 4 is 23.1 Å². The van der Waals surface area contributed by atoms with Crippen LogP contribution in [0.2, 0.25) is 0 Å². The molecule has 2 aliphatic rings. The number of benzene rings is 1. The summed E-state index contributed by atoms with van der Waals surface area (Å²) in [4.78, 5) is 17.6. The Hall–Kier alpha value is -3.30. The number of alkyl halides is 3. The Balaban J connectivity index is 1.41. The van der Waals surface area contributed by atoms with E-state index in [2.05, 4.69) is 15.0 Å². The van der Waals surface area contributed by atoms with Crippen LogP contribution in [0.1, 0.15) is 26.2 Å². The van der Waals surface area contributed by atoms with Gasteiger partial charge in [-0.3, -0.25) is 14.8 Å². The number of aromatic nitrogens is 1. The smallest absolute Gasteiger partial charge is 0.431 e. The van der Waals surface area contributed by atoms with Gasteiger partial charge in [-0.1, -0.05) is 6.92 Å². The van der Waals surface area contributed by atoms with Crippen molar-refractivity contribution in [2.75, 3.05) is 23.0 Å². The lowest BCUT2D eigenvalue weighted by molar-refractivity contribution is -0.137. The summed E-state index contributed by atoms with van der Waals surface area (Å²) in [5.41, 5.74) is 0.510. The molecule has 33 heavy (non-hydrogen) atoms. The van der Waals surface area contributed by atoms with E-state index in [1.165, 1.54) is 6.92 Å². The first-order valence-corrected chi connectivity index (χ1v) is 10.8. The Bertz CT molecular complexity index is 990. The molecule has 1 aromatic carbocycles. The first kappa shape index (κ1) is 22.9. The quantitative estimate of drug-likeness (QED) is 0.688. The lowest BCUT2D eigenvalue weighted by atomic mass is 9.94. The number of aliphatic carboxylic acids is 1. The highest BCUT2D eigenvalue weighted by atomic mass is 19.4. The van der Waals surface area contributed by atoms with E-state index in [0.717, 1.165) is 36.6 Å². The van der Waals surface area contributed by atoms with E-state index in [0.29, 0.717) is 11.4 Å². The minimum absolute atomic E-state index is 0.0326. The number of pyridine rings is 1. The van der Waals surface area contributed by atoms with Crippen LogP contribution in [0, 0.1) is 5.92 Å². The van der Waals surface area contributed by atoms with E-state index >= 15 is 0 Å². The van der Waals surface area contributed by atoms with Crippen molar-refractivity contribution in [2.24, 2.45) is 11.0 Å². The third-order valence-corrected chi connectivity index (χ3v) is 6.07. The molecule has 1 N–H and O–H groups in total. The minimum atomic E-state index is -4.61. The molecule has 1 saturated heterocycles. The molecular weight excluding hydrogens is 437 g/mol. The number of nitrogens with zero attached hydrogens (tertiary/aromatic N) is 4. The first-order valence-electron chi connectivity index (χ1n) is 10.8. The number of halogens is 3. The number of hydrazone groups is 1. The molecule has 1 fully saturated rings. The summed E-state index contributed by atoms with van der Waals surface area (Å²) in [6, 6.07) is 9.62. The van der Waals surface area contributed by atoms with E-state index in [9.17, 15) is 23.1 Å². The molecule has 2 atom stereocenters. The SMILES string of the molecule is CC1C(C(F)(F)F)=NN(c2ccc(OC3CCN(c4cccnc4)CC3)cc2)C1CC(=O)O. The molecule has 0 aliphatic carbocycles. The second kappa shape index (κ2) is 9.29. The van der Waals surface area contributed by atoms with Gasteiger partial charge in [0.1, 0.15) is 17.6 Å². The maximum atomic E-state index is 13.3. The van der Waals surface area contributed by atoms with Crippen molar-refractivity contribution in [3.63, 3.8) is 0 Å². The fraction of sp³-hybridized carbons (Fsp3) is 0.435. The summed E-state index contributed by atoms with van der Waals surface area (Å²) < 4.78 is 46.1. The highest BCUT2D eigenvalue weighted by molar-refractivity contribution is 5.95. The molecule has 2 aromatic rings. The van der Waals surface area contributed by atoms with Crippen molar-refractivity contribution in [1.82, 2.24) is 4.98 Å². The van der Waals surface area contributed by atoms with Gasteiger partial charge in [-0.05, 0) is 36.4 Å². The summed E-state index contributed by atoms with van der Waals surface area (Å²) >= 11 is 0. The van der Waals surface area contributed by atoms with E-state index in [-0.39, 0.29) is 6.10 Å². The average Bonchev–Trinajstić information content (AvgIpc) is 3.11. The maximum Gasteiger partial charge on any atom is 0.431 e. The molecule has 0 amide bonds.